The van der Waals surface area contributed by atoms with Gasteiger partial charge in [0.05, 0.1) is 0 Å². The van der Waals surface area contributed by atoms with Crippen molar-refractivity contribution in [3.8, 4) is 0 Å². The van der Waals surface area contributed by atoms with E-state index < -0.39 is 0 Å². The monoisotopic (exact) mass is 274 g/mol. The van der Waals surface area contributed by atoms with Gasteiger partial charge in [-0.15, -0.1) is 0 Å². The third-order valence-corrected chi connectivity index (χ3v) is 4.33. The van der Waals surface area contributed by atoms with E-state index in [0.29, 0.717) is 12.0 Å². The average Bonchev–Trinajstić information content (AvgIpc) is 2.49. The van der Waals surface area contributed by atoms with Gasteiger partial charge < -0.3 is 10.2 Å². The van der Waals surface area contributed by atoms with E-state index in [9.17, 15) is 0 Å². The number of nitrogens with zero attached hydrogens (tertiary/aromatic N) is 1. The summed E-state index contributed by atoms with van der Waals surface area (Å²) in [6.45, 7) is 9.45. The molecule has 1 aliphatic heterocycles. The molecule has 1 saturated heterocycles. The smallest absolute Gasteiger partial charge is 0.0195 e. The first kappa shape index (κ1) is 15.5. The third-order valence-electron chi connectivity index (χ3n) is 4.33. The molecule has 2 atom stereocenters. The van der Waals surface area contributed by atoms with E-state index in [0.717, 1.165) is 0 Å². The van der Waals surface area contributed by atoms with Crippen molar-refractivity contribution in [2.45, 2.75) is 51.5 Å². The first-order valence-electron chi connectivity index (χ1n) is 8.30. The third kappa shape index (κ3) is 4.92. The summed E-state index contributed by atoms with van der Waals surface area (Å²) in [4.78, 5) is 2.65. The Kier molecular flexibility index (Phi) is 6.55. The summed E-state index contributed by atoms with van der Waals surface area (Å²) < 4.78 is 0. The van der Waals surface area contributed by atoms with Crippen molar-refractivity contribution < 1.29 is 0 Å². The Morgan fingerprint density at radius 1 is 1.25 bits per heavy atom. The van der Waals surface area contributed by atoms with Gasteiger partial charge in [-0.3, -0.25) is 0 Å². The van der Waals surface area contributed by atoms with Gasteiger partial charge in [-0.25, -0.2) is 0 Å². The number of rotatable bonds is 7. The Labute approximate surface area is 124 Å². The Morgan fingerprint density at radius 3 is 2.70 bits per heavy atom. The molecule has 1 aliphatic rings. The molecule has 20 heavy (non-hydrogen) atoms. The summed E-state index contributed by atoms with van der Waals surface area (Å²) in [6, 6.07) is 11.6. The zero-order valence-corrected chi connectivity index (χ0v) is 13.1. The topological polar surface area (TPSA) is 15.3 Å². The largest absolute Gasteiger partial charge is 0.313 e. The maximum absolute atomic E-state index is 3.68. The highest BCUT2D eigenvalue weighted by molar-refractivity contribution is 5.19. The van der Waals surface area contributed by atoms with Crippen molar-refractivity contribution in [2.75, 3.05) is 26.2 Å². The zero-order valence-electron chi connectivity index (χ0n) is 13.1. The van der Waals surface area contributed by atoms with Gasteiger partial charge in [-0.05, 0) is 43.8 Å². The van der Waals surface area contributed by atoms with Gasteiger partial charge in [0.1, 0.15) is 0 Å². The molecule has 0 amide bonds. The van der Waals surface area contributed by atoms with Gasteiger partial charge in [-0.1, -0.05) is 50.6 Å². The molecule has 2 heteroatoms. The first-order valence-corrected chi connectivity index (χ1v) is 8.30. The lowest BCUT2D eigenvalue weighted by molar-refractivity contribution is 0.215. The van der Waals surface area contributed by atoms with E-state index in [1.807, 2.05) is 0 Å². The zero-order chi connectivity index (χ0) is 14.2. The van der Waals surface area contributed by atoms with Crippen LogP contribution in [0.15, 0.2) is 30.3 Å². The Bertz CT molecular complexity index is 357. The molecule has 2 rings (SSSR count). The summed E-state index contributed by atoms with van der Waals surface area (Å²) in [6.07, 6.45) is 5.34. The molecule has 1 heterocycles. The van der Waals surface area contributed by atoms with Crippen molar-refractivity contribution in [1.29, 1.82) is 0 Å². The molecule has 0 aromatic heterocycles. The van der Waals surface area contributed by atoms with Crippen LogP contribution in [0.5, 0.6) is 0 Å². The number of hydrogen-bond donors (Lipinski definition) is 1. The van der Waals surface area contributed by atoms with Gasteiger partial charge >= 0.3 is 0 Å². The molecule has 1 aromatic carbocycles. The van der Waals surface area contributed by atoms with Crippen molar-refractivity contribution in [3.63, 3.8) is 0 Å². The van der Waals surface area contributed by atoms with Gasteiger partial charge in [0.15, 0.2) is 0 Å². The molecule has 2 nitrogen and oxygen atoms in total. The minimum Gasteiger partial charge on any atom is -0.313 e. The van der Waals surface area contributed by atoms with Crippen LogP contribution in [0.4, 0.5) is 0 Å². The molecule has 1 aromatic rings. The van der Waals surface area contributed by atoms with Crippen LogP contribution in [0, 0.1) is 0 Å². The predicted octanol–water partition coefficient (Wildman–Crippen LogP) is 3.64. The molecule has 0 saturated carbocycles. The van der Waals surface area contributed by atoms with Crippen molar-refractivity contribution in [1.82, 2.24) is 10.2 Å². The Balaban J connectivity index is 1.87. The fraction of sp³-hybridized carbons (Fsp3) is 0.667. The fourth-order valence-corrected chi connectivity index (χ4v) is 3.24. The maximum Gasteiger partial charge on any atom is 0.0195 e. The summed E-state index contributed by atoms with van der Waals surface area (Å²) in [5.41, 5.74) is 1.46. The van der Waals surface area contributed by atoms with E-state index >= 15 is 0 Å². The second-order valence-electron chi connectivity index (χ2n) is 6.22. The van der Waals surface area contributed by atoms with Crippen molar-refractivity contribution >= 4 is 0 Å². The molecule has 2 unspecified atom stereocenters. The number of benzene rings is 1. The van der Waals surface area contributed by atoms with E-state index in [1.165, 1.54) is 57.4 Å². The summed E-state index contributed by atoms with van der Waals surface area (Å²) in [5.74, 6) is 0.617. The van der Waals surface area contributed by atoms with E-state index in [1.54, 1.807) is 0 Å². The lowest BCUT2D eigenvalue weighted by Crippen LogP contribution is -2.44. The number of hydrogen-bond acceptors (Lipinski definition) is 2. The normalized spacial score (nSPS) is 21.1. The Hall–Kier alpha value is -0.860. The van der Waals surface area contributed by atoms with Gasteiger partial charge in [0, 0.05) is 19.1 Å². The van der Waals surface area contributed by atoms with Crippen LogP contribution < -0.4 is 5.32 Å². The molecular formula is C18H30N2. The molecule has 0 spiro atoms. The summed E-state index contributed by atoms with van der Waals surface area (Å²) in [7, 11) is 0. The highest BCUT2D eigenvalue weighted by Crippen LogP contribution is 2.17. The molecule has 112 valence electrons. The van der Waals surface area contributed by atoms with Crippen LogP contribution in [0.2, 0.25) is 0 Å². The van der Waals surface area contributed by atoms with E-state index in [-0.39, 0.29) is 0 Å². The molecule has 0 bridgehead atoms. The minimum atomic E-state index is 0.617. The van der Waals surface area contributed by atoms with Crippen LogP contribution in [0.1, 0.15) is 51.0 Å². The van der Waals surface area contributed by atoms with Gasteiger partial charge in [0.25, 0.3) is 0 Å². The van der Waals surface area contributed by atoms with E-state index in [4.69, 9.17) is 0 Å². The average molecular weight is 274 g/mol. The Morgan fingerprint density at radius 2 is 2.05 bits per heavy atom. The quantitative estimate of drug-likeness (QED) is 0.816. The van der Waals surface area contributed by atoms with Crippen LogP contribution in [-0.4, -0.2) is 37.1 Å². The molecule has 0 aliphatic carbocycles. The molecular weight excluding hydrogens is 244 g/mol. The number of piperidine rings is 1. The second kappa shape index (κ2) is 8.43. The lowest BCUT2D eigenvalue weighted by atomic mass is 9.99. The summed E-state index contributed by atoms with van der Waals surface area (Å²) in [5, 5.41) is 3.68. The van der Waals surface area contributed by atoms with Crippen LogP contribution in [0.3, 0.4) is 0 Å². The first-order chi connectivity index (χ1) is 9.79. The minimum absolute atomic E-state index is 0.617. The molecule has 0 radical (unpaired) electrons. The summed E-state index contributed by atoms with van der Waals surface area (Å²) >= 11 is 0. The predicted molar refractivity (Wildman–Crippen MR) is 87.2 cm³/mol. The standard InChI is InChI=1S/C18H30N2/c1-3-13-20(15-18-11-7-8-12-19-18)14-16(2)17-9-5-4-6-10-17/h4-6,9-10,16,18-19H,3,7-8,11-15H2,1-2H3. The van der Waals surface area contributed by atoms with Gasteiger partial charge in [-0.2, -0.15) is 0 Å². The van der Waals surface area contributed by atoms with E-state index in [2.05, 4.69) is 54.4 Å². The second-order valence-corrected chi connectivity index (χ2v) is 6.22. The van der Waals surface area contributed by atoms with Crippen molar-refractivity contribution in [2.24, 2.45) is 0 Å². The molecule has 1 fully saturated rings. The highest BCUT2D eigenvalue weighted by Gasteiger charge is 2.18. The highest BCUT2D eigenvalue weighted by atomic mass is 15.1. The lowest BCUT2D eigenvalue weighted by Gasteiger charge is -2.32. The van der Waals surface area contributed by atoms with Gasteiger partial charge in [0.2, 0.25) is 0 Å². The van der Waals surface area contributed by atoms with Crippen LogP contribution in [-0.2, 0) is 0 Å². The number of nitrogens with one attached hydrogen (secondary N) is 1. The maximum atomic E-state index is 3.68. The van der Waals surface area contributed by atoms with Crippen LogP contribution in [0.25, 0.3) is 0 Å². The van der Waals surface area contributed by atoms with Crippen LogP contribution >= 0.6 is 0 Å². The molecule has 1 N–H and O–H groups in total. The SMILES string of the molecule is CCCN(CC1CCCCN1)CC(C)c1ccccc1. The van der Waals surface area contributed by atoms with Crippen molar-refractivity contribution in [3.05, 3.63) is 35.9 Å². The fourth-order valence-electron chi connectivity index (χ4n) is 3.24.